The molecule has 0 aromatic heterocycles. The summed E-state index contributed by atoms with van der Waals surface area (Å²) in [7, 11) is 0. The molecule has 160 valence electrons. The minimum atomic E-state index is -0.148. The highest BCUT2D eigenvalue weighted by Gasteiger charge is 2.27. The molecule has 3 rings (SSSR count). The highest BCUT2D eigenvalue weighted by Crippen LogP contribution is 2.22. The fraction of sp³-hybridized carbons (Fsp3) is 0.440. The first-order chi connectivity index (χ1) is 14.5. The van der Waals surface area contributed by atoms with Crippen LogP contribution >= 0.6 is 0 Å². The number of rotatable bonds is 7. The molecular weight excluding hydrogens is 374 g/mol. The van der Waals surface area contributed by atoms with Crippen molar-refractivity contribution in [1.29, 1.82) is 0 Å². The van der Waals surface area contributed by atoms with Gasteiger partial charge in [-0.1, -0.05) is 48.9 Å². The standard InChI is InChI=1S/C25H33N3O2/c1-4-19(3)26-25(30)22-12-5-6-13-23(22)27-24(29)21-11-8-14-28(17-21)16-20-10-7-9-18(2)15-20/h5-7,9-10,12-13,15,19,21H,4,8,11,14,16-17H2,1-3H3,(H,26,30)(H,27,29). The van der Waals surface area contributed by atoms with Gasteiger partial charge in [0, 0.05) is 19.1 Å². The molecule has 1 aliphatic rings. The molecule has 0 spiro atoms. The maximum Gasteiger partial charge on any atom is 0.253 e. The first kappa shape index (κ1) is 22.0. The van der Waals surface area contributed by atoms with Crippen molar-refractivity contribution in [2.45, 2.75) is 52.6 Å². The van der Waals surface area contributed by atoms with Crippen LogP contribution in [0.5, 0.6) is 0 Å². The molecular formula is C25H33N3O2. The first-order valence-electron chi connectivity index (χ1n) is 10.9. The van der Waals surface area contributed by atoms with Crippen LogP contribution in [0, 0.1) is 12.8 Å². The highest BCUT2D eigenvalue weighted by atomic mass is 16.2. The van der Waals surface area contributed by atoms with E-state index in [-0.39, 0.29) is 23.8 Å². The van der Waals surface area contributed by atoms with Crippen molar-refractivity contribution in [3.8, 4) is 0 Å². The molecule has 0 saturated carbocycles. The first-order valence-corrected chi connectivity index (χ1v) is 10.9. The molecule has 0 bridgehead atoms. The van der Waals surface area contributed by atoms with Crippen LogP contribution in [0.2, 0.25) is 0 Å². The van der Waals surface area contributed by atoms with Crippen molar-refractivity contribution in [1.82, 2.24) is 10.2 Å². The fourth-order valence-corrected chi connectivity index (χ4v) is 3.91. The number of aryl methyl sites for hydroxylation is 1. The Balaban J connectivity index is 1.64. The van der Waals surface area contributed by atoms with E-state index in [1.165, 1.54) is 11.1 Å². The fourth-order valence-electron chi connectivity index (χ4n) is 3.91. The van der Waals surface area contributed by atoms with Gasteiger partial charge in [-0.3, -0.25) is 14.5 Å². The highest BCUT2D eigenvalue weighted by molar-refractivity contribution is 6.04. The van der Waals surface area contributed by atoms with Crippen molar-refractivity contribution in [3.63, 3.8) is 0 Å². The number of benzene rings is 2. The largest absolute Gasteiger partial charge is 0.350 e. The second-order valence-electron chi connectivity index (χ2n) is 8.38. The molecule has 1 aliphatic heterocycles. The third kappa shape index (κ3) is 5.92. The summed E-state index contributed by atoms with van der Waals surface area (Å²) in [6.07, 6.45) is 2.73. The smallest absolute Gasteiger partial charge is 0.253 e. The van der Waals surface area contributed by atoms with Crippen LogP contribution in [-0.2, 0) is 11.3 Å². The quantitative estimate of drug-likeness (QED) is 0.716. The second-order valence-corrected chi connectivity index (χ2v) is 8.38. The van der Waals surface area contributed by atoms with Crippen LogP contribution in [0.3, 0.4) is 0 Å². The predicted molar refractivity (Wildman–Crippen MR) is 121 cm³/mol. The van der Waals surface area contributed by atoms with Crippen molar-refractivity contribution < 1.29 is 9.59 Å². The SMILES string of the molecule is CCC(C)NC(=O)c1ccccc1NC(=O)C1CCCN(Cc2cccc(C)c2)C1. The predicted octanol–water partition coefficient (Wildman–Crippen LogP) is 4.37. The molecule has 0 radical (unpaired) electrons. The Morgan fingerprint density at radius 3 is 2.73 bits per heavy atom. The van der Waals surface area contributed by atoms with Gasteiger partial charge in [0.15, 0.2) is 0 Å². The van der Waals surface area contributed by atoms with Crippen LogP contribution in [0.1, 0.15) is 54.6 Å². The third-order valence-electron chi connectivity index (χ3n) is 5.78. The van der Waals surface area contributed by atoms with Crippen LogP contribution in [0.25, 0.3) is 0 Å². The molecule has 5 heteroatoms. The molecule has 0 aliphatic carbocycles. The van der Waals surface area contributed by atoms with E-state index in [1.54, 1.807) is 12.1 Å². The molecule has 5 nitrogen and oxygen atoms in total. The lowest BCUT2D eigenvalue weighted by Crippen LogP contribution is -2.40. The molecule has 2 amide bonds. The van der Waals surface area contributed by atoms with Crippen LogP contribution < -0.4 is 10.6 Å². The van der Waals surface area contributed by atoms with Crippen molar-refractivity contribution >= 4 is 17.5 Å². The van der Waals surface area contributed by atoms with Gasteiger partial charge in [-0.15, -0.1) is 0 Å². The summed E-state index contributed by atoms with van der Waals surface area (Å²) >= 11 is 0. The molecule has 2 aromatic carbocycles. The van der Waals surface area contributed by atoms with Crippen LogP contribution in [0.4, 0.5) is 5.69 Å². The average molecular weight is 408 g/mol. The Hall–Kier alpha value is -2.66. The Morgan fingerprint density at radius 2 is 1.97 bits per heavy atom. The van der Waals surface area contributed by atoms with Crippen molar-refractivity contribution in [2.24, 2.45) is 5.92 Å². The normalized spacial score (nSPS) is 17.9. The number of hydrogen-bond acceptors (Lipinski definition) is 3. The summed E-state index contributed by atoms with van der Waals surface area (Å²) in [6, 6.07) is 15.9. The lowest BCUT2D eigenvalue weighted by Gasteiger charge is -2.32. The van der Waals surface area contributed by atoms with Gasteiger partial charge in [0.05, 0.1) is 17.2 Å². The summed E-state index contributed by atoms with van der Waals surface area (Å²) in [6.45, 7) is 8.71. The Bertz CT molecular complexity index is 880. The van der Waals surface area contributed by atoms with Crippen LogP contribution in [-0.4, -0.2) is 35.8 Å². The maximum absolute atomic E-state index is 13.0. The number of para-hydroxylation sites is 1. The Morgan fingerprint density at radius 1 is 1.17 bits per heavy atom. The van der Waals surface area contributed by atoms with Gasteiger partial charge in [-0.05, 0) is 57.4 Å². The van der Waals surface area contributed by atoms with Gasteiger partial charge >= 0.3 is 0 Å². The van der Waals surface area contributed by atoms with E-state index in [4.69, 9.17) is 0 Å². The van der Waals surface area contributed by atoms with Gasteiger partial charge < -0.3 is 10.6 Å². The van der Waals surface area contributed by atoms with E-state index in [0.29, 0.717) is 11.3 Å². The van der Waals surface area contributed by atoms with E-state index in [2.05, 4.69) is 46.7 Å². The number of amides is 2. The van der Waals surface area contributed by atoms with Crippen LogP contribution in [0.15, 0.2) is 48.5 Å². The number of nitrogens with one attached hydrogen (secondary N) is 2. The average Bonchev–Trinajstić information content (AvgIpc) is 2.74. The summed E-state index contributed by atoms with van der Waals surface area (Å²) in [5.41, 5.74) is 3.63. The Kier molecular flexibility index (Phi) is 7.63. The van der Waals surface area contributed by atoms with Gasteiger partial charge in [0.25, 0.3) is 5.91 Å². The van der Waals surface area contributed by atoms with E-state index < -0.39 is 0 Å². The summed E-state index contributed by atoms with van der Waals surface area (Å²) in [5.74, 6) is -0.230. The zero-order valence-corrected chi connectivity index (χ0v) is 18.3. The molecule has 2 unspecified atom stereocenters. The molecule has 1 saturated heterocycles. The topological polar surface area (TPSA) is 61.4 Å². The van der Waals surface area contributed by atoms with E-state index in [0.717, 1.165) is 38.9 Å². The zero-order valence-electron chi connectivity index (χ0n) is 18.3. The summed E-state index contributed by atoms with van der Waals surface area (Å²) < 4.78 is 0. The maximum atomic E-state index is 13.0. The molecule has 2 N–H and O–H groups in total. The van der Waals surface area contributed by atoms with E-state index in [9.17, 15) is 9.59 Å². The molecule has 1 heterocycles. The monoisotopic (exact) mass is 407 g/mol. The number of hydrogen-bond donors (Lipinski definition) is 2. The van der Waals surface area contributed by atoms with Gasteiger partial charge in [-0.25, -0.2) is 0 Å². The molecule has 1 fully saturated rings. The molecule has 30 heavy (non-hydrogen) atoms. The minimum absolute atomic E-state index is 0.00673. The van der Waals surface area contributed by atoms with Crippen molar-refractivity contribution in [2.75, 3.05) is 18.4 Å². The van der Waals surface area contributed by atoms with E-state index in [1.807, 2.05) is 26.0 Å². The van der Waals surface area contributed by atoms with Gasteiger partial charge in [0.2, 0.25) is 5.91 Å². The number of carbonyl (C=O) groups excluding carboxylic acids is 2. The lowest BCUT2D eigenvalue weighted by atomic mass is 9.96. The van der Waals surface area contributed by atoms with Gasteiger partial charge in [0.1, 0.15) is 0 Å². The van der Waals surface area contributed by atoms with E-state index >= 15 is 0 Å². The number of carbonyl (C=O) groups is 2. The zero-order chi connectivity index (χ0) is 21.5. The van der Waals surface area contributed by atoms with Gasteiger partial charge in [-0.2, -0.15) is 0 Å². The number of nitrogens with zero attached hydrogens (tertiary/aromatic N) is 1. The lowest BCUT2D eigenvalue weighted by molar-refractivity contribution is -0.121. The Labute approximate surface area is 179 Å². The summed E-state index contributed by atoms with van der Waals surface area (Å²) in [5, 5.41) is 6.00. The second kappa shape index (κ2) is 10.4. The number of likely N-dealkylation sites (tertiary alicyclic amines) is 1. The molecule has 2 aromatic rings. The summed E-state index contributed by atoms with van der Waals surface area (Å²) in [4.78, 5) is 28.0. The number of anilines is 1. The minimum Gasteiger partial charge on any atom is -0.350 e. The molecule has 2 atom stereocenters. The third-order valence-corrected chi connectivity index (χ3v) is 5.78. The van der Waals surface area contributed by atoms with Crippen molar-refractivity contribution in [3.05, 3.63) is 65.2 Å². The number of piperidine rings is 1.